The number of rotatable bonds is 5. The van der Waals surface area contributed by atoms with E-state index in [1.807, 2.05) is 0 Å². The Morgan fingerprint density at radius 2 is 1.25 bits per heavy atom. The number of hydrogen-bond donors (Lipinski definition) is 0. The molecule has 0 spiro atoms. The van der Waals surface area contributed by atoms with E-state index in [4.69, 9.17) is 4.84 Å². The Labute approximate surface area is 170 Å². The Morgan fingerprint density at radius 1 is 0.786 bits per heavy atom. The van der Waals surface area contributed by atoms with Crippen LogP contribution in [0, 0.1) is 5.92 Å². The largest absolute Gasteiger partial charge is 0.294 e. The van der Waals surface area contributed by atoms with Crippen LogP contribution in [0.25, 0.3) is 0 Å². The molecule has 0 radical (unpaired) electrons. The Kier molecular flexibility index (Phi) is 5.62. The van der Waals surface area contributed by atoms with Crippen LogP contribution in [0.4, 0.5) is 0 Å². The van der Waals surface area contributed by atoms with Crippen molar-refractivity contribution in [2.75, 3.05) is 0 Å². The molecule has 0 aromatic heterocycles. The van der Waals surface area contributed by atoms with Crippen LogP contribution in [0.5, 0.6) is 0 Å². The first kappa shape index (κ1) is 19.7. The van der Waals surface area contributed by atoms with Crippen LogP contribution in [0.3, 0.4) is 0 Å². The molecule has 2 fully saturated rings. The van der Waals surface area contributed by atoms with Crippen LogP contribution in [0.2, 0.25) is 0 Å². The van der Waals surface area contributed by atoms with Crippen LogP contribution < -0.4 is 0 Å². The third-order valence-corrected chi connectivity index (χ3v) is 7.37. The molecule has 2 aliphatic rings. The molecule has 2 nitrogen and oxygen atoms in total. The average molecular weight is 378 g/mol. The van der Waals surface area contributed by atoms with Gasteiger partial charge in [-0.3, -0.25) is 4.84 Å². The molecule has 0 N–H and O–H groups in total. The van der Waals surface area contributed by atoms with Crippen molar-refractivity contribution in [3.8, 4) is 0 Å². The maximum absolute atomic E-state index is 6.92. The fourth-order valence-corrected chi connectivity index (χ4v) is 5.44. The van der Waals surface area contributed by atoms with Gasteiger partial charge in [-0.1, -0.05) is 79.9 Å². The van der Waals surface area contributed by atoms with Crippen molar-refractivity contribution in [3.63, 3.8) is 0 Å². The van der Waals surface area contributed by atoms with Gasteiger partial charge in [-0.05, 0) is 63.5 Å². The molecule has 3 atom stereocenters. The predicted molar refractivity (Wildman–Crippen MR) is 116 cm³/mol. The van der Waals surface area contributed by atoms with Gasteiger partial charge in [0.15, 0.2) is 0 Å². The average Bonchev–Trinajstić information content (AvgIpc) is 3.03. The second kappa shape index (κ2) is 8.00. The van der Waals surface area contributed by atoms with E-state index in [0.29, 0.717) is 5.92 Å². The zero-order chi connectivity index (χ0) is 19.6. The first-order valence-corrected chi connectivity index (χ1v) is 11.1. The molecule has 0 amide bonds. The lowest BCUT2D eigenvalue weighted by molar-refractivity contribution is -0.289. The highest BCUT2D eigenvalue weighted by Crippen LogP contribution is 2.52. The van der Waals surface area contributed by atoms with Gasteiger partial charge in [0.05, 0.1) is 17.2 Å². The van der Waals surface area contributed by atoms with Gasteiger partial charge in [0.2, 0.25) is 0 Å². The summed E-state index contributed by atoms with van der Waals surface area (Å²) in [5, 5.41) is 2.38. The summed E-state index contributed by atoms with van der Waals surface area (Å²) in [4.78, 5) is 6.92. The van der Waals surface area contributed by atoms with Gasteiger partial charge in [0.25, 0.3) is 0 Å². The number of hydroxylamine groups is 2. The summed E-state index contributed by atoms with van der Waals surface area (Å²) >= 11 is 0. The van der Waals surface area contributed by atoms with Gasteiger partial charge in [-0.2, -0.15) is 5.06 Å². The third-order valence-electron chi connectivity index (χ3n) is 7.37. The van der Waals surface area contributed by atoms with Gasteiger partial charge in [0.1, 0.15) is 0 Å². The van der Waals surface area contributed by atoms with Crippen LogP contribution in [-0.4, -0.2) is 11.2 Å². The molecule has 1 saturated heterocycles. The van der Waals surface area contributed by atoms with E-state index < -0.39 is 0 Å². The van der Waals surface area contributed by atoms with Crippen LogP contribution in [-0.2, 0) is 15.9 Å². The highest BCUT2D eigenvalue weighted by Gasteiger charge is 2.53. The normalized spacial score (nSPS) is 30.4. The molecule has 150 valence electrons. The summed E-state index contributed by atoms with van der Waals surface area (Å²) in [7, 11) is 0. The fraction of sp³-hybridized carbons (Fsp3) is 0.538. The first-order chi connectivity index (χ1) is 13.5. The highest BCUT2D eigenvalue weighted by atomic mass is 16.7. The molecule has 2 heteroatoms. The van der Waals surface area contributed by atoms with E-state index >= 15 is 0 Å². The monoisotopic (exact) mass is 377 g/mol. The van der Waals surface area contributed by atoms with Gasteiger partial charge in [0, 0.05) is 0 Å². The first-order valence-electron chi connectivity index (χ1n) is 11.1. The highest BCUT2D eigenvalue weighted by molar-refractivity contribution is 5.31. The lowest BCUT2D eigenvalue weighted by Crippen LogP contribution is -2.50. The predicted octanol–water partition coefficient (Wildman–Crippen LogP) is 6.81. The second-order valence-electron chi connectivity index (χ2n) is 9.28. The molecule has 0 bridgehead atoms. The minimum Gasteiger partial charge on any atom is -0.294 e. The van der Waals surface area contributed by atoms with Crippen LogP contribution in [0.15, 0.2) is 60.7 Å². The smallest absolute Gasteiger partial charge is 0.0794 e. The van der Waals surface area contributed by atoms with Gasteiger partial charge in [-0.25, -0.2) is 0 Å². The van der Waals surface area contributed by atoms with Crippen LogP contribution >= 0.6 is 0 Å². The topological polar surface area (TPSA) is 12.5 Å². The minimum atomic E-state index is -0.116. The van der Waals surface area contributed by atoms with E-state index in [0.717, 1.165) is 12.8 Å². The Balaban J connectivity index is 1.69. The van der Waals surface area contributed by atoms with E-state index in [-0.39, 0.29) is 17.2 Å². The van der Waals surface area contributed by atoms with E-state index in [1.54, 1.807) is 0 Å². The molecule has 1 unspecified atom stereocenters. The Bertz CT molecular complexity index is 701. The quantitative estimate of drug-likeness (QED) is 0.567. The van der Waals surface area contributed by atoms with Crippen LogP contribution in [0.1, 0.15) is 76.8 Å². The Morgan fingerprint density at radius 3 is 1.71 bits per heavy atom. The lowest BCUT2D eigenvalue weighted by atomic mass is 9.86. The second-order valence-corrected chi connectivity index (χ2v) is 9.28. The lowest BCUT2D eigenvalue weighted by Gasteiger charge is -2.46. The summed E-state index contributed by atoms with van der Waals surface area (Å²) < 4.78 is 0. The summed E-state index contributed by atoms with van der Waals surface area (Å²) in [5.41, 5.74) is 2.47. The minimum absolute atomic E-state index is 0.116. The molecule has 1 heterocycles. The summed E-state index contributed by atoms with van der Waals surface area (Å²) in [6, 6.07) is 21.9. The van der Waals surface area contributed by atoms with E-state index in [9.17, 15) is 0 Å². The van der Waals surface area contributed by atoms with Gasteiger partial charge < -0.3 is 0 Å². The molecule has 4 rings (SSSR count). The molecule has 1 aliphatic heterocycles. The third kappa shape index (κ3) is 3.53. The van der Waals surface area contributed by atoms with Crippen molar-refractivity contribution in [3.05, 3.63) is 71.8 Å². The Hall–Kier alpha value is -1.64. The number of benzene rings is 2. The maximum Gasteiger partial charge on any atom is 0.0794 e. The molecular weight excluding hydrogens is 342 g/mol. The van der Waals surface area contributed by atoms with E-state index in [2.05, 4.69) is 86.5 Å². The standard InChI is InChI=1S/C26H35NO/c1-21(22-13-7-4-8-14-22)28-27-25(2,23-15-9-5-10-16-23)19-20-26(27,3)24-17-11-6-12-18-24/h5-6,9-12,15-18,21-22H,4,7-8,13-14,19-20H2,1-3H3/t21?,25-,26-/m0/s1. The molecule has 2 aromatic rings. The zero-order valence-electron chi connectivity index (χ0n) is 17.7. The van der Waals surface area contributed by atoms with Gasteiger partial charge in [-0.15, -0.1) is 0 Å². The molecule has 1 saturated carbocycles. The molecule has 28 heavy (non-hydrogen) atoms. The SMILES string of the molecule is CC(ON1[C@](C)(c2ccccc2)CC[C@@]1(C)c1ccccc1)C1CCCCC1. The number of nitrogens with zero attached hydrogens (tertiary/aromatic N) is 1. The summed E-state index contributed by atoms with van der Waals surface area (Å²) in [6.07, 6.45) is 9.15. The molecular formula is C26H35NO. The van der Waals surface area contributed by atoms with Crippen molar-refractivity contribution in [2.24, 2.45) is 5.92 Å². The maximum atomic E-state index is 6.92. The molecule has 2 aromatic carbocycles. The summed E-state index contributed by atoms with van der Waals surface area (Å²) in [5.74, 6) is 0.675. The van der Waals surface area contributed by atoms with Crippen molar-refractivity contribution in [1.82, 2.24) is 5.06 Å². The van der Waals surface area contributed by atoms with E-state index in [1.165, 1.54) is 43.2 Å². The van der Waals surface area contributed by atoms with Gasteiger partial charge >= 0.3 is 0 Å². The fourth-order valence-electron chi connectivity index (χ4n) is 5.44. The van der Waals surface area contributed by atoms with Crippen molar-refractivity contribution < 1.29 is 4.84 Å². The molecule has 1 aliphatic carbocycles. The van der Waals surface area contributed by atoms with Crippen molar-refractivity contribution in [1.29, 1.82) is 0 Å². The van der Waals surface area contributed by atoms with Crippen molar-refractivity contribution >= 4 is 0 Å². The van der Waals surface area contributed by atoms with Crippen molar-refractivity contribution in [2.45, 2.75) is 82.9 Å². The zero-order valence-corrected chi connectivity index (χ0v) is 17.7. The summed E-state index contributed by atoms with van der Waals surface area (Å²) in [6.45, 7) is 7.03. The number of hydrogen-bond acceptors (Lipinski definition) is 2.